The fourth-order valence-electron chi connectivity index (χ4n) is 3.37. The topological polar surface area (TPSA) is 20.3 Å². The molecule has 0 radical (unpaired) electrons. The van der Waals surface area contributed by atoms with Gasteiger partial charge in [0, 0.05) is 18.5 Å². The first kappa shape index (κ1) is 19.7. The first-order chi connectivity index (χ1) is 11.7. The molecule has 1 aromatic heterocycles. The van der Waals surface area contributed by atoms with Gasteiger partial charge in [0.2, 0.25) is 0 Å². The molecule has 0 atom stereocenters. The second-order valence-corrected chi connectivity index (χ2v) is 8.79. The number of carbonyl (C=O) groups is 1. The summed E-state index contributed by atoms with van der Waals surface area (Å²) in [6.07, 6.45) is 10.4. The minimum atomic E-state index is 0.102. The SMILES string of the molecule is CCN(C)C(=O)c1ccc(/C=C(\C)C=CC2=C(C)CCCC2(C)C)s1. The maximum absolute atomic E-state index is 12.2. The third-order valence-corrected chi connectivity index (χ3v) is 6.10. The summed E-state index contributed by atoms with van der Waals surface area (Å²) in [5.41, 5.74) is 4.49. The highest BCUT2D eigenvalue weighted by molar-refractivity contribution is 7.14. The van der Waals surface area contributed by atoms with Crippen molar-refractivity contribution in [3.05, 3.63) is 50.8 Å². The number of allylic oxidation sites excluding steroid dienone is 5. The van der Waals surface area contributed by atoms with E-state index >= 15 is 0 Å². The van der Waals surface area contributed by atoms with Crippen molar-refractivity contribution in [1.29, 1.82) is 0 Å². The maximum Gasteiger partial charge on any atom is 0.263 e. The average Bonchev–Trinajstić information content (AvgIpc) is 3.00. The van der Waals surface area contributed by atoms with Crippen LogP contribution in [0.3, 0.4) is 0 Å². The lowest BCUT2D eigenvalue weighted by molar-refractivity contribution is 0.0807. The summed E-state index contributed by atoms with van der Waals surface area (Å²) < 4.78 is 0. The van der Waals surface area contributed by atoms with Gasteiger partial charge in [-0.25, -0.2) is 0 Å². The van der Waals surface area contributed by atoms with Crippen LogP contribution >= 0.6 is 11.3 Å². The Balaban J connectivity index is 2.14. The summed E-state index contributed by atoms with van der Waals surface area (Å²) in [4.78, 5) is 15.9. The standard InChI is InChI=1S/C22H31NOS/c1-7-23(6)21(24)20-13-11-18(25-20)15-16(2)10-12-19-17(3)9-8-14-22(19,4)5/h10-13,15H,7-9,14H2,1-6H3/b12-10?,16-15+. The van der Waals surface area contributed by atoms with Crippen LogP contribution in [0.25, 0.3) is 6.08 Å². The van der Waals surface area contributed by atoms with Gasteiger partial charge in [0.25, 0.3) is 5.91 Å². The van der Waals surface area contributed by atoms with Gasteiger partial charge in [-0.05, 0) is 74.8 Å². The van der Waals surface area contributed by atoms with Crippen molar-refractivity contribution >= 4 is 23.3 Å². The summed E-state index contributed by atoms with van der Waals surface area (Å²) in [7, 11) is 1.84. The first-order valence-corrected chi connectivity index (χ1v) is 9.98. The predicted molar refractivity (Wildman–Crippen MR) is 110 cm³/mol. The predicted octanol–water partition coefficient (Wildman–Crippen LogP) is 6.33. The van der Waals surface area contributed by atoms with Crippen LogP contribution in [0, 0.1) is 5.41 Å². The van der Waals surface area contributed by atoms with Gasteiger partial charge in [0.1, 0.15) is 0 Å². The van der Waals surface area contributed by atoms with Crippen molar-refractivity contribution < 1.29 is 4.79 Å². The molecule has 0 spiro atoms. The van der Waals surface area contributed by atoms with Crippen LogP contribution in [0.5, 0.6) is 0 Å². The highest BCUT2D eigenvalue weighted by Crippen LogP contribution is 2.40. The Morgan fingerprint density at radius 3 is 2.72 bits per heavy atom. The Hall–Kier alpha value is -1.61. The van der Waals surface area contributed by atoms with E-state index in [2.05, 4.69) is 45.9 Å². The summed E-state index contributed by atoms with van der Waals surface area (Å²) in [5, 5.41) is 0. The summed E-state index contributed by atoms with van der Waals surface area (Å²) in [6, 6.07) is 3.96. The average molecular weight is 358 g/mol. The van der Waals surface area contributed by atoms with Crippen molar-refractivity contribution in [3.63, 3.8) is 0 Å². The summed E-state index contributed by atoms with van der Waals surface area (Å²) in [5.74, 6) is 0.102. The zero-order valence-corrected chi connectivity index (χ0v) is 17.3. The van der Waals surface area contributed by atoms with Crippen LogP contribution < -0.4 is 0 Å². The van der Waals surface area contributed by atoms with Crippen molar-refractivity contribution in [2.24, 2.45) is 5.41 Å². The Kier molecular flexibility index (Phi) is 6.45. The van der Waals surface area contributed by atoms with Crippen LogP contribution in [0.1, 0.15) is 68.4 Å². The normalized spacial score (nSPS) is 18.1. The molecule has 3 heteroatoms. The molecule has 2 rings (SSSR count). The molecule has 0 bridgehead atoms. The van der Waals surface area contributed by atoms with E-state index < -0.39 is 0 Å². The van der Waals surface area contributed by atoms with E-state index in [1.807, 2.05) is 26.1 Å². The molecule has 0 N–H and O–H groups in total. The molecule has 1 amide bonds. The molecule has 1 aliphatic carbocycles. The smallest absolute Gasteiger partial charge is 0.263 e. The Bertz CT molecular complexity index is 718. The minimum Gasteiger partial charge on any atom is -0.341 e. The zero-order chi connectivity index (χ0) is 18.6. The number of nitrogens with zero attached hydrogens (tertiary/aromatic N) is 1. The van der Waals surface area contributed by atoms with E-state index in [1.54, 1.807) is 16.2 Å². The van der Waals surface area contributed by atoms with E-state index in [1.165, 1.54) is 36.0 Å². The quantitative estimate of drug-likeness (QED) is 0.564. The van der Waals surface area contributed by atoms with Crippen LogP contribution in [-0.2, 0) is 0 Å². The zero-order valence-electron chi connectivity index (χ0n) is 16.5. The molecule has 1 heterocycles. The third kappa shape index (κ3) is 4.94. The fraction of sp³-hybridized carbons (Fsp3) is 0.500. The van der Waals surface area contributed by atoms with E-state index in [9.17, 15) is 4.79 Å². The number of rotatable bonds is 5. The van der Waals surface area contributed by atoms with Gasteiger partial charge in [-0.2, -0.15) is 0 Å². The van der Waals surface area contributed by atoms with Gasteiger partial charge in [-0.15, -0.1) is 11.3 Å². The van der Waals surface area contributed by atoms with Gasteiger partial charge in [-0.1, -0.05) is 31.6 Å². The molecule has 0 fully saturated rings. The van der Waals surface area contributed by atoms with Crippen molar-refractivity contribution in [1.82, 2.24) is 4.90 Å². The molecule has 1 aliphatic rings. The molecule has 1 aromatic rings. The second-order valence-electron chi connectivity index (χ2n) is 7.67. The highest BCUT2D eigenvalue weighted by Gasteiger charge is 2.26. The molecule has 0 unspecified atom stereocenters. The van der Waals surface area contributed by atoms with Crippen LogP contribution in [0.2, 0.25) is 0 Å². The van der Waals surface area contributed by atoms with Crippen molar-refractivity contribution in [2.75, 3.05) is 13.6 Å². The van der Waals surface area contributed by atoms with Crippen LogP contribution in [-0.4, -0.2) is 24.4 Å². The van der Waals surface area contributed by atoms with Gasteiger partial charge >= 0.3 is 0 Å². The molecule has 136 valence electrons. The van der Waals surface area contributed by atoms with Gasteiger partial charge in [0.15, 0.2) is 0 Å². The molecule has 0 aromatic carbocycles. The van der Waals surface area contributed by atoms with Crippen LogP contribution in [0.4, 0.5) is 0 Å². The third-order valence-electron chi connectivity index (χ3n) is 5.08. The van der Waals surface area contributed by atoms with Crippen LogP contribution in [0.15, 0.2) is 41.0 Å². The van der Waals surface area contributed by atoms with Crippen molar-refractivity contribution in [2.45, 2.75) is 53.9 Å². The lowest BCUT2D eigenvalue weighted by Gasteiger charge is -2.32. The molecular weight excluding hydrogens is 326 g/mol. The van der Waals surface area contributed by atoms with E-state index in [4.69, 9.17) is 0 Å². The van der Waals surface area contributed by atoms with Gasteiger partial charge in [0.05, 0.1) is 4.88 Å². The fourth-order valence-corrected chi connectivity index (χ4v) is 4.39. The molecule has 0 aliphatic heterocycles. The van der Waals surface area contributed by atoms with Gasteiger partial charge < -0.3 is 4.90 Å². The molecule has 25 heavy (non-hydrogen) atoms. The van der Waals surface area contributed by atoms with E-state index in [0.717, 1.165) is 16.3 Å². The largest absolute Gasteiger partial charge is 0.341 e. The van der Waals surface area contributed by atoms with E-state index in [0.29, 0.717) is 0 Å². The summed E-state index contributed by atoms with van der Waals surface area (Å²) >= 11 is 1.56. The molecular formula is C22H31NOS. The Morgan fingerprint density at radius 1 is 1.36 bits per heavy atom. The maximum atomic E-state index is 12.2. The molecule has 0 saturated carbocycles. The van der Waals surface area contributed by atoms with Gasteiger partial charge in [-0.3, -0.25) is 4.79 Å². The number of carbonyl (C=O) groups excluding carboxylic acids is 1. The minimum absolute atomic E-state index is 0.102. The second kappa shape index (κ2) is 8.18. The first-order valence-electron chi connectivity index (χ1n) is 9.16. The number of hydrogen-bond donors (Lipinski definition) is 0. The number of thiophene rings is 1. The monoisotopic (exact) mass is 357 g/mol. The number of hydrogen-bond acceptors (Lipinski definition) is 2. The molecule has 2 nitrogen and oxygen atoms in total. The molecule has 0 saturated heterocycles. The Labute approximate surface area is 156 Å². The Morgan fingerprint density at radius 2 is 2.08 bits per heavy atom. The lowest BCUT2D eigenvalue weighted by atomic mass is 9.72. The number of amides is 1. The van der Waals surface area contributed by atoms with E-state index in [-0.39, 0.29) is 11.3 Å². The summed E-state index contributed by atoms with van der Waals surface area (Å²) in [6.45, 7) is 11.8. The lowest BCUT2D eigenvalue weighted by Crippen LogP contribution is -2.25. The highest BCUT2D eigenvalue weighted by atomic mass is 32.1. The van der Waals surface area contributed by atoms with Crippen molar-refractivity contribution in [3.8, 4) is 0 Å².